The van der Waals surface area contributed by atoms with E-state index in [1.807, 2.05) is 17.8 Å². The quantitative estimate of drug-likeness (QED) is 0.388. The lowest BCUT2D eigenvalue weighted by Crippen LogP contribution is -2.07. The van der Waals surface area contributed by atoms with E-state index in [1.165, 1.54) is 30.5 Å². The fraction of sp³-hybridized carbons (Fsp3) is 0.0800. The number of halogens is 1. The van der Waals surface area contributed by atoms with E-state index in [1.54, 1.807) is 54.9 Å². The highest BCUT2D eigenvalue weighted by atomic mass is 19.1. The summed E-state index contributed by atoms with van der Waals surface area (Å²) in [6, 6.07) is 14.8. The molecule has 1 N–H and O–H groups in total. The summed E-state index contributed by atoms with van der Waals surface area (Å²) in [6.45, 7) is 0.348. The van der Waals surface area contributed by atoms with Gasteiger partial charge in [0.15, 0.2) is 11.6 Å². The highest BCUT2D eigenvalue weighted by Crippen LogP contribution is 2.25. The van der Waals surface area contributed by atoms with Crippen molar-refractivity contribution >= 4 is 17.7 Å². The summed E-state index contributed by atoms with van der Waals surface area (Å²) in [7, 11) is 1.90. The van der Waals surface area contributed by atoms with E-state index < -0.39 is 5.82 Å². The second-order valence-corrected chi connectivity index (χ2v) is 7.07. The topological polar surface area (TPSA) is 78.3 Å². The number of ether oxygens (including phenoxy) is 2. The molecule has 2 aromatic heterocycles. The van der Waals surface area contributed by atoms with Gasteiger partial charge in [-0.25, -0.2) is 9.37 Å². The smallest absolute Gasteiger partial charge is 0.248 e. The number of hydrogen-bond acceptors (Lipinski definition) is 5. The lowest BCUT2D eigenvalue weighted by molar-refractivity contribution is -0.111. The molecule has 0 fully saturated rings. The molecule has 4 rings (SSSR count). The summed E-state index contributed by atoms with van der Waals surface area (Å²) < 4.78 is 27.4. The van der Waals surface area contributed by atoms with Gasteiger partial charge >= 0.3 is 0 Å². The Morgan fingerprint density at radius 2 is 1.97 bits per heavy atom. The molecule has 4 aromatic rings. The number of nitrogens with zero attached hydrogens (tertiary/aromatic N) is 3. The molecule has 1 amide bonds. The maximum Gasteiger partial charge on any atom is 0.248 e. The summed E-state index contributed by atoms with van der Waals surface area (Å²) in [4.78, 5) is 20.3. The largest absolute Gasteiger partial charge is 0.486 e. The lowest BCUT2D eigenvalue weighted by atomic mass is 10.2. The Bertz CT molecular complexity index is 1250. The van der Waals surface area contributed by atoms with Crippen LogP contribution in [0.3, 0.4) is 0 Å². The zero-order valence-corrected chi connectivity index (χ0v) is 17.8. The van der Waals surface area contributed by atoms with Crippen molar-refractivity contribution < 1.29 is 18.7 Å². The van der Waals surface area contributed by atoms with Crippen molar-refractivity contribution in [3.05, 3.63) is 103 Å². The monoisotopic (exact) mass is 444 g/mol. The van der Waals surface area contributed by atoms with Crippen molar-refractivity contribution in [3.8, 4) is 17.2 Å². The van der Waals surface area contributed by atoms with E-state index >= 15 is 0 Å². The molecule has 0 unspecified atom stereocenters. The molecule has 0 radical (unpaired) electrons. The van der Waals surface area contributed by atoms with E-state index in [2.05, 4.69) is 15.3 Å². The highest BCUT2D eigenvalue weighted by Gasteiger charge is 2.06. The van der Waals surface area contributed by atoms with Gasteiger partial charge in [-0.1, -0.05) is 6.07 Å². The van der Waals surface area contributed by atoms with Crippen LogP contribution in [0.1, 0.15) is 11.4 Å². The standard InChI is InChI=1S/C25H21FN4O3/c1-30-14-13-28-24(30)17-32-20-8-6-19(7-9-20)29-25(31)11-5-18-4-10-23(22(26)15-18)33-21-3-2-12-27-16-21/h2-16H,17H2,1H3,(H,29,31)/b11-5+. The molecule has 166 valence electrons. The van der Waals surface area contributed by atoms with Crippen LogP contribution in [0.25, 0.3) is 6.08 Å². The zero-order valence-electron chi connectivity index (χ0n) is 17.8. The number of rotatable bonds is 8. The van der Waals surface area contributed by atoms with Crippen LogP contribution in [-0.2, 0) is 18.4 Å². The Kier molecular flexibility index (Phi) is 6.75. The lowest BCUT2D eigenvalue weighted by Gasteiger charge is -2.08. The molecule has 0 aliphatic carbocycles. The highest BCUT2D eigenvalue weighted by molar-refractivity contribution is 6.01. The third-order valence-corrected chi connectivity index (χ3v) is 4.66. The number of benzene rings is 2. The van der Waals surface area contributed by atoms with Gasteiger partial charge in [-0.05, 0) is 60.2 Å². The predicted molar refractivity (Wildman–Crippen MR) is 122 cm³/mol. The van der Waals surface area contributed by atoms with E-state index in [-0.39, 0.29) is 11.7 Å². The van der Waals surface area contributed by atoms with Gasteiger partial charge in [0, 0.05) is 37.4 Å². The number of nitrogens with one attached hydrogen (secondary N) is 1. The molecule has 8 heteroatoms. The van der Waals surface area contributed by atoms with Crippen molar-refractivity contribution in [1.29, 1.82) is 0 Å². The minimum Gasteiger partial charge on any atom is -0.486 e. The van der Waals surface area contributed by atoms with Crippen LogP contribution < -0.4 is 14.8 Å². The molecule has 0 saturated carbocycles. The summed E-state index contributed by atoms with van der Waals surface area (Å²) in [5, 5.41) is 2.75. The maximum absolute atomic E-state index is 14.3. The van der Waals surface area contributed by atoms with Gasteiger partial charge < -0.3 is 19.4 Å². The Hall–Kier alpha value is -4.46. The molecule has 0 saturated heterocycles. The summed E-state index contributed by atoms with van der Waals surface area (Å²) in [6.07, 6.45) is 9.52. The first kappa shape index (κ1) is 21.8. The van der Waals surface area contributed by atoms with Crippen molar-refractivity contribution in [1.82, 2.24) is 14.5 Å². The van der Waals surface area contributed by atoms with Crippen LogP contribution in [0.5, 0.6) is 17.2 Å². The van der Waals surface area contributed by atoms with Crippen LogP contribution in [0.15, 0.2) is 85.5 Å². The minimum absolute atomic E-state index is 0.0785. The summed E-state index contributed by atoms with van der Waals surface area (Å²) in [5.74, 6) is 1.11. The third-order valence-electron chi connectivity index (χ3n) is 4.66. The molecule has 0 spiro atoms. The number of anilines is 1. The average Bonchev–Trinajstić information content (AvgIpc) is 3.24. The number of amides is 1. The fourth-order valence-electron chi connectivity index (χ4n) is 2.91. The number of carbonyl (C=O) groups excluding carboxylic acids is 1. The molecular weight excluding hydrogens is 423 g/mol. The van der Waals surface area contributed by atoms with E-state index in [0.29, 0.717) is 29.4 Å². The Balaban J connectivity index is 1.30. The van der Waals surface area contributed by atoms with Crippen LogP contribution in [0, 0.1) is 5.82 Å². The summed E-state index contributed by atoms with van der Waals surface area (Å²) in [5.41, 5.74) is 1.14. The molecular formula is C25H21FN4O3. The van der Waals surface area contributed by atoms with Gasteiger partial charge in [-0.2, -0.15) is 0 Å². The van der Waals surface area contributed by atoms with Gasteiger partial charge in [0.05, 0.1) is 6.20 Å². The van der Waals surface area contributed by atoms with Crippen molar-refractivity contribution in [3.63, 3.8) is 0 Å². The molecule has 0 atom stereocenters. The number of imidazole rings is 1. The van der Waals surface area contributed by atoms with Gasteiger partial charge in [-0.3, -0.25) is 9.78 Å². The fourth-order valence-corrected chi connectivity index (χ4v) is 2.91. The van der Waals surface area contributed by atoms with Crippen LogP contribution in [0.2, 0.25) is 0 Å². The van der Waals surface area contributed by atoms with Gasteiger partial charge in [0.1, 0.15) is 23.9 Å². The second kappa shape index (κ2) is 10.2. The van der Waals surface area contributed by atoms with Crippen molar-refractivity contribution in [2.24, 2.45) is 7.05 Å². The number of aryl methyl sites for hydroxylation is 1. The van der Waals surface area contributed by atoms with Gasteiger partial charge in [-0.15, -0.1) is 0 Å². The molecule has 0 aliphatic rings. The first-order chi connectivity index (χ1) is 16.1. The van der Waals surface area contributed by atoms with Crippen LogP contribution >= 0.6 is 0 Å². The number of carbonyl (C=O) groups is 1. The predicted octanol–water partition coefficient (Wildman–Crippen LogP) is 4.98. The molecule has 0 bridgehead atoms. The minimum atomic E-state index is -0.539. The van der Waals surface area contributed by atoms with Crippen molar-refractivity contribution in [2.75, 3.05) is 5.32 Å². The Labute approximate surface area is 190 Å². The Morgan fingerprint density at radius 3 is 2.67 bits per heavy atom. The van der Waals surface area contributed by atoms with Gasteiger partial charge in [0.25, 0.3) is 0 Å². The van der Waals surface area contributed by atoms with Crippen molar-refractivity contribution in [2.45, 2.75) is 6.61 Å². The number of pyridine rings is 1. The number of aromatic nitrogens is 3. The average molecular weight is 444 g/mol. The Morgan fingerprint density at radius 1 is 1.12 bits per heavy atom. The SMILES string of the molecule is Cn1ccnc1COc1ccc(NC(=O)/C=C/c2ccc(Oc3cccnc3)c(F)c2)cc1. The first-order valence-corrected chi connectivity index (χ1v) is 10.1. The molecule has 7 nitrogen and oxygen atoms in total. The molecule has 2 aromatic carbocycles. The van der Waals surface area contributed by atoms with E-state index in [4.69, 9.17) is 9.47 Å². The summed E-state index contributed by atoms with van der Waals surface area (Å²) >= 11 is 0. The zero-order chi connectivity index (χ0) is 23.0. The maximum atomic E-state index is 14.3. The molecule has 33 heavy (non-hydrogen) atoms. The molecule has 2 heterocycles. The van der Waals surface area contributed by atoms with E-state index in [0.717, 1.165) is 5.82 Å². The third kappa shape index (κ3) is 6.04. The normalized spacial score (nSPS) is 10.8. The van der Waals surface area contributed by atoms with Crippen LogP contribution in [-0.4, -0.2) is 20.4 Å². The number of hydrogen-bond donors (Lipinski definition) is 1. The molecule has 0 aliphatic heterocycles. The second-order valence-electron chi connectivity index (χ2n) is 7.07. The van der Waals surface area contributed by atoms with E-state index in [9.17, 15) is 9.18 Å². The van der Waals surface area contributed by atoms with Crippen LogP contribution in [0.4, 0.5) is 10.1 Å². The first-order valence-electron chi connectivity index (χ1n) is 10.1. The van der Waals surface area contributed by atoms with Gasteiger partial charge in [0.2, 0.25) is 5.91 Å².